The Morgan fingerprint density at radius 2 is 1.57 bits per heavy atom. The van der Waals surface area contributed by atoms with E-state index in [1.165, 1.54) is 0 Å². The molecule has 1 N–H and O–H groups in total. The molecule has 0 radical (unpaired) electrons. The Balaban J connectivity index is 1.93. The first-order chi connectivity index (χ1) is 17.9. The Bertz CT molecular complexity index is 1180. The number of likely N-dealkylation sites (N-methyl/N-ethyl adjacent to an activating group) is 1. The Morgan fingerprint density at radius 1 is 0.892 bits per heavy atom. The summed E-state index contributed by atoms with van der Waals surface area (Å²) in [4.78, 5) is 28.6. The summed E-state index contributed by atoms with van der Waals surface area (Å²) in [5.74, 6) is 0.801. The number of nitrogens with one attached hydrogen (secondary N) is 1. The number of ether oxygens (including phenoxy) is 2. The summed E-state index contributed by atoms with van der Waals surface area (Å²) >= 11 is 12.9. The van der Waals surface area contributed by atoms with Gasteiger partial charge in [0, 0.05) is 41.5 Å². The average molecular weight is 543 g/mol. The summed E-state index contributed by atoms with van der Waals surface area (Å²) in [7, 11) is 3.15. The maximum atomic E-state index is 13.8. The van der Waals surface area contributed by atoms with E-state index in [1.807, 2.05) is 55.5 Å². The molecule has 2 amide bonds. The fourth-order valence-electron chi connectivity index (χ4n) is 4.13. The largest absolute Gasteiger partial charge is 0.493 e. The first-order valence-electron chi connectivity index (χ1n) is 12.1. The zero-order chi connectivity index (χ0) is 26.8. The minimum atomic E-state index is -0.743. The van der Waals surface area contributed by atoms with Crippen LogP contribution in [-0.2, 0) is 29.0 Å². The third-order valence-electron chi connectivity index (χ3n) is 6.09. The van der Waals surface area contributed by atoms with Crippen molar-refractivity contribution in [2.75, 3.05) is 20.8 Å². The van der Waals surface area contributed by atoms with E-state index < -0.39 is 6.04 Å². The summed E-state index contributed by atoms with van der Waals surface area (Å²) in [6, 6.07) is 19.7. The van der Waals surface area contributed by atoms with Gasteiger partial charge in [-0.2, -0.15) is 0 Å². The lowest BCUT2D eigenvalue weighted by Crippen LogP contribution is -2.50. The van der Waals surface area contributed by atoms with Gasteiger partial charge in [0.15, 0.2) is 11.5 Å². The first-order valence-corrected chi connectivity index (χ1v) is 12.9. The molecule has 0 aliphatic heterocycles. The Morgan fingerprint density at radius 3 is 2.19 bits per heavy atom. The fourth-order valence-corrected chi connectivity index (χ4v) is 4.65. The summed E-state index contributed by atoms with van der Waals surface area (Å²) in [6.07, 6.45) is 0.999. The van der Waals surface area contributed by atoms with Crippen molar-refractivity contribution in [3.63, 3.8) is 0 Å². The molecule has 0 aliphatic carbocycles. The number of rotatable bonds is 12. The van der Waals surface area contributed by atoms with Crippen molar-refractivity contribution in [2.45, 2.75) is 38.8 Å². The molecule has 0 unspecified atom stereocenters. The standard InChI is InChI=1S/C29H32Cl2N2O4/c1-4-32-29(35)25(17-20-9-6-5-7-10-20)33(19-22-23(30)11-8-12-24(22)31)28(34)16-14-21-13-15-26(36-2)27(18-21)37-3/h5-13,15,18,25H,4,14,16-17,19H2,1-3H3,(H,32,35)/t25-/m1/s1. The van der Waals surface area contributed by atoms with Crippen LogP contribution >= 0.6 is 23.2 Å². The number of halogens is 2. The fraction of sp³-hybridized carbons (Fsp3) is 0.310. The van der Waals surface area contributed by atoms with Crippen molar-refractivity contribution >= 4 is 35.0 Å². The van der Waals surface area contributed by atoms with E-state index in [2.05, 4.69) is 5.32 Å². The van der Waals surface area contributed by atoms with E-state index in [4.69, 9.17) is 32.7 Å². The molecule has 6 nitrogen and oxygen atoms in total. The molecule has 3 aromatic rings. The molecule has 0 aliphatic rings. The Labute approximate surface area is 228 Å². The van der Waals surface area contributed by atoms with Crippen LogP contribution in [0.4, 0.5) is 0 Å². The van der Waals surface area contributed by atoms with Crippen LogP contribution in [0.3, 0.4) is 0 Å². The van der Waals surface area contributed by atoms with E-state index in [0.717, 1.165) is 11.1 Å². The molecule has 0 bridgehead atoms. The molecule has 196 valence electrons. The lowest BCUT2D eigenvalue weighted by Gasteiger charge is -2.32. The molecule has 8 heteroatoms. The predicted molar refractivity (Wildman–Crippen MR) is 147 cm³/mol. The van der Waals surface area contributed by atoms with Gasteiger partial charge in [0.25, 0.3) is 0 Å². The highest BCUT2D eigenvalue weighted by atomic mass is 35.5. The second kappa shape index (κ2) is 13.9. The van der Waals surface area contributed by atoms with Gasteiger partial charge in [-0.25, -0.2) is 0 Å². The third kappa shape index (κ3) is 7.63. The van der Waals surface area contributed by atoms with Crippen LogP contribution in [0, 0.1) is 0 Å². The maximum absolute atomic E-state index is 13.8. The number of aryl methyl sites for hydroxylation is 1. The molecule has 3 rings (SSSR count). The number of hydrogen-bond acceptors (Lipinski definition) is 4. The summed E-state index contributed by atoms with van der Waals surface area (Å²) in [5, 5.41) is 3.78. The van der Waals surface area contributed by atoms with Crippen molar-refractivity contribution in [3.05, 3.63) is 93.5 Å². The van der Waals surface area contributed by atoms with E-state index in [9.17, 15) is 9.59 Å². The summed E-state index contributed by atoms with van der Waals surface area (Å²) in [5.41, 5.74) is 2.47. The van der Waals surface area contributed by atoms with Gasteiger partial charge in [-0.1, -0.05) is 65.7 Å². The van der Waals surface area contributed by atoms with E-state index >= 15 is 0 Å². The molecule has 37 heavy (non-hydrogen) atoms. The number of amides is 2. The van der Waals surface area contributed by atoms with E-state index in [0.29, 0.717) is 46.5 Å². The minimum absolute atomic E-state index is 0.109. The zero-order valence-corrected chi connectivity index (χ0v) is 22.8. The lowest BCUT2D eigenvalue weighted by atomic mass is 10.0. The molecular formula is C29H32Cl2N2O4. The van der Waals surface area contributed by atoms with Gasteiger partial charge >= 0.3 is 0 Å². The Hall–Kier alpha value is -3.22. The number of carbonyl (C=O) groups is 2. The number of benzene rings is 3. The highest BCUT2D eigenvalue weighted by Gasteiger charge is 2.31. The predicted octanol–water partition coefficient (Wildman–Crippen LogP) is 5.72. The number of carbonyl (C=O) groups excluding carboxylic acids is 2. The third-order valence-corrected chi connectivity index (χ3v) is 6.80. The van der Waals surface area contributed by atoms with Crippen molar-refractivity contribution in [2.24, 2.45) is 0 Å². The van der Waals surface area contributed by atoms with Crippen molar-refractivity contribution in [3.8, 4) is 11.5 Å². The average Bonchev–Trinajstić information content (AvgIpc) is 2.91. The second-order valence-corrected chi connectivity index (χ2v) is 9.33. The highest BCUT2D eigenvalue weighted by molar-refractivity contribution is 6.36. The van der Waals surface area contributed by atoms with Gasteiger partial charge in [-0.05, 0) is 48.7 Å². The molecule has 3 aromatic carbocycles. The SMILES string of the molecule is CCNC(=O)[C@@H](Cc1ccccc1)N(Cc1c(Cl)cccc1Cl)C(=O)CCc1ccc(OC)c(OC)c1. The van der Waals surface area contributed by atoms with Crippen LogP contribution in [-0.4, -0.2) is 43.5 Å². The van der Waals surface area contributed by atoms with Crippen LogP contribution in [0.1, 0.15) is 30.0 Å². The molecule has 0 saturated carbocycles. The molecule has 1 atom stereocenters. The van der Waals surface area contributed by atoms with Gasteiger partial charge in [-0.3, -0.25) is 9.59 Å². The maximum Gasteiger partial charge on any atom is 0.243 e. The van der Waals surface area contributed by atoms with Crippen LogP contribution in [0.5, 0.6) is 11.5 Å². The molecule has 0 spiro atoms. The quantitative estimate of drug-likeness (QED) is 0.317. The van der Waals surface area contributed by atoms with E-state index in [-0.39, 0.29) is 24.8 Å². The van der Waals surface area contributed by atoms with Gasteiger partial charge < -0.3 is 19.7 Å². The molecule has 0 heterocycles. The van der Waals surface area contributed by atoms with Crippen LogP contribution in [0.2, 0.25) is 10.0 Å². The monoisotopic (exact) mass is 542 g/mol. The smallest absolute Gasteiger partial charge is 0.243 e. The van der Waals surface area contributed by atoms with Gasteiger partial charge in [0.05, 0.1) is 14.2 Å². The van der Waals surface area contributed by atoms with Crippen LogP contribution in [0.25, 0.3) is 0 Å². The lowest BCUT2D eigenvalue weighted by molar-refractivity contribution is -0.141. The van der Waals surface area contributed by atoms with Gasteiger partial charge in [0.1, 0.15) is 6.04 Å². The van der Waals surface area contributed by atoms with Crippen molar-refractivity contribution in [1.29, 1.82) is 0 Å². The van der Waals surface area contributed by atoms with E-state index in [1.54, 1.807) is 37.3 Å². The number of hydrogen-bond donors (Lipinski definition) is 1. The first kappa shape index (κ1) is 28.4. The number of nitrogens with zero attached hydrogens (tertiary/aromatic N) is 1. The highest BCUT2D eigenvalue weighted by Crippen LogP contribution is 2.29. The van der Waals surface area contributed by atoms with Gasteiger partial charge in [-0.15, -0.1) is 0 Å². The van der Waals surface area contributed by atoms with Crippen LogP contribution in [0.15, 0.2) is 66.7 Å². The molecular weight excluding hydrogens is 511 g/mol. The topological polar surface area (TPSA) is 67.9 Å². The van der Waals surface area contributed by atoms with Gasteiger partial charge in [0.2, 0.25) is 11.8 Å². The number of methoxy groups -OCH3 is 2. The zero-order valence-electron chi connectivity index (χ0n) is 21.3. The molecule has 0 aromatic heterocycles. The second-order valence-electron chi connectivity index (χ2n) is 8.51. The van der Waals surface area contributed by atoms with Crippen molar-refractivity contribution in [1.82, 2.24) is 10.2 Å². The normalized spacial score (nSPS) is 11.5. The van der Waals surface area contributed by atoms with Crippen LogP contribution < -0.4 is 14.8 Å². The minimum Gasteiger partial charge on any atom is -0.493 e. The van der Waals surface area contributed by atoms with Crippen molar-refractivity contribution < 1.29 is 19.1 Å². The Kier molecular flexibility index (Phi) is 10.7. The molecule has 0 fully saturated rings. The summed E-state index contributed by atoms with van der Waals surface area (Å²) in [6.45, 7) is 2.41. The molecule has 0 saturated heterocycles. The summed E-state index contributed by atoms with van der Waals surface area (Å²) < 4.78 is 10.7.